The van der Waals surface area contributed by atoms with Crippen LogP contribution in [0.3, 0.4) is 0 Å². The van der Waals surface area contributed by atoms with Crippen molar-refractivity contribution in [3.8, 4) is 22.6 Å². The third-order valence-electron chi connectivity index (χ3n) is 8.99. The van der Waals surface area contributed by atoms with Gasteiger partial charge in [-0.3, -0.25) is 4.67 Å². The number of aliphatic imine (C=N–C) groups is 1. The number of hydrogen-bond donors (Lipinski definition) is 1. The van der Waals surface area contributed by atoms with Gasteiger partial charge in [-0.05, 0) is 109 Å². The number of hydrogen-bond acceptors (Lipinski definition) is 5. The summed E-state index contributed by atoms with van der Waals surface area (Å²) in [5.41, 5.74) is 4.34. The molecule has 2 atom stereocenters. The molecular weight excluding hydrogens is 691 g/mol. The summed E-state index contributed by atoms with van der Waals surface area (Å²) in [5, 5.41) is 15.3. The molecule has 256 valence electrons. The minimum Gasteiger partial charge on any atom is -0.507 e. The van der Waals surface area contributed by atoms with Crippen LogP contribution in [0, 0.1) is 62.9 Å². The van der Waals surface area contributed by atoms with Crippen LogP contribution in [0.15, 0.2) is 108 Å². The third-order valence-corrected chi connectivity index (χ3v) is 11.2. The van der Waals surface area contributed by atoms with E-state index in [4.69, 9.17) is 9.26 Å². The zero-order valence-electron chi connectivity index (χ0n) is 28.8. The molecule has 5 nitrogen and oxygen atoms in total. The first-order valence-electron chi connectivity index (χ1n) is 17.3. The maximum atomic E-state index is 11.0. The van der Waals surface area contributed by atoms with E-state index in [-0.39, 0.29) is 28.9 Å². The fourth-order valence-corrected chi connectivity index (χ4v) is 8.31. The molecule has 51 heavy (non-hydrogen) atoms. The first kappa shape index (κ1) is 37.4. The van der Waals surface area contributed by atoms with E-state index in [0.717, 1.165) is 69.7 Å². The molecule has 7 heteroatoms. The molecule has 3 aliphatic rings. The van der Waals surface area contributed by atoms with E-state index < -0.39 is 8.30 Å². The number of aromatic hydroxyl groups is 1. The predicted octanol–water partition coefficient (Wildman–Crippen LogP) is 10.2. The van der Waals surface area contributed by atoms with Crippen molar-refractivity contribution in [2.75, 3.05) is 19.7 Å². The van der Waals surface area contributed by atoms with Crippen molar-refractivity contribution in [2.24, 2.45) is 4.99 Å². The molecule has 2 fully saturated rings. The molecule has 1 heterocycles. The van der Waals surface area contributed by atoms with Gasteiger partial charge in [0.05, 0.1) is 17.6 Å². The largest absolute Gasteiger partial charge is 2.00 e. The van der Waals surface area contributed by atoms with Crippen LogP contribution in [0.25, 0.3) is 32.7 Å². The zero-order chi connectivity index (χ0) is 34.3. The smallest absolute Gasteiger partial charge is 0.507 e. The molecule has 5 aromatic carbocycles. The van der Waals surface area contributed by atoms with Crippen LogP contribution in [-0.2, 0) is 28.2 Å². The van der Waals surface area contributed by atoms with Crippen LogP contribution >= 0.6 is 8.30 Å². The van der Waals surface area contributed by atoms with Gasteiger partial charge in [-0.2, -0.15) is 0 Å². The van der Waals surface area contributed by atoms with Crippen molar-refractivity contribution < 1.29 is 31.4 Å². The molecule has 0 spiro atoms. The van der Waals surface area contributed by atoms with E-state index in [1.165, 1.54) is 11.2 Å². The normalized spacial score (nSPS) is 18.3. The Morgan fingerprint density at radius 2 is 1.41 bits per heavy atom. The van der Waals surface area contributed by atoms with Crippen molar-refractivity contribution in [3.05, 3.63) is 172 Å². The van der Waals surface area contributed by atoms with Crippen LogP contribution < -0.4 is 4.52 Å². The summed E-state index contributed by atoms with van der Waals surface area (Å²) in [5.74, 6) is 2.96. The van der Waals surface area contributed by atoms with Gasteiger partial charge >= 0.3 is 17.1 Å². The summed E-state index contributed by atoms with van der Waals surface area (Å²) in [6.07, 6.45) is 17.4. The van der Waals surface area contributed by atoms with Crippen LogP contribution in [0.5, 0.6) is 11.5 Å². The van der Waals surface area contributed by atoms with Crippen LogP contribution in [0.2, 0.25) is 0 Å². The molecule has 5 aromatic rings. The van der Waals surface area contributed by atoms with Gasteiger partial charge in [-0.25, -0.2) is 4.99 Å². The number of fused-ring (bicyclic) bond motifs is 2. The van der Waals surface area contributed by atoms with Gasteiger partial charge in [0.1, 0.15) is 18.1 Å². The fraction of sp³-hybridized carbons (Fsp3) is 0.159. The fourth-order valence-electron chi connectivity index (χ4n) is 6.51. The summed E-state index contributed by atoms with van der Waals surface area (Å²) >= 11 is 0. The SMILES string of the molecule is CCN(CC)[P@@](Oc1cc(-c2c(O)ccc3ccccc23)c2ccccc2c1)[C]1[CH][CH][CH][CH]1.[CH]1[CH][CH][C](C2=N[C@@H](Cc3ccccc3)CO2)[CH]1.[Fe+2]. The van der Waals surface area contributed by atoms with Crippen molar-refractivity contribution in [2.45, 2.75) is 26.3 Å². The molecular formula is C44H41FeN2O3P+2. The van der Waals surface area contributed by atoms with Gasteiger partial charge in [0, 0.05) is 18.7 Å². The molecule has 0 aromatic heterocycles. The van der Waals surface area contributed by atoms with Crippen LogP contribution in [-0.4, -0.2) is 41.4 Å². The number of phenols is 1. The molecule has 2 aliphatic carbocycles. The van der Waals surface area contributed by atoms with E-state index in [0.29, 0.717) is 6.61 Å². The quantitative estimate of drug-likeness (QED) is 0.115. The van der Waals surface area contributed by atoms with Crippen molar-refractivity contribution in [1.82, 2.24) is 4.67 Å². The molecule has 0 amide bonds. The molecule has 2 saturated carbocycles. The number of benzene rings is 5. The second-order valence-electron chi connectivity index (χ2n) is 12.3. The topological polar surface area (TPSA) is 54.3 Å². The summed E-state index contributed by atoms with van der Waals surface area (Å²) in [4.78, 5) is 4.62. The standard InChI is InChI=1S/C29H27NO2P.C15H14NO.Fe/c1-3-30(4-2)33(24-13-7-8-14-24)32-23-19-22-12-6-9-15-25(22)27(20-23)29-26-16-10-5-11-21(26)17-18-28(29)31;1-2-6-12(7-3-1)10-14-11-17-15(16-14)13-8-4-5-9-13;/h5-20,31H,3-4H2,1-2H3;1-9,14H,10-11H2;/q;;+2/t33-;14-;/m00./s1. The number of rotatable bonds is 10. The first-order chi connectivity index (χ1) is 24.6. The second-order valence-corrected chi connectivity index (χ2v) is 14.1. The average Bonchev–Trinajstić information content (AvgIpc) is 3.97. The minimum atomic E-state index is -0.967. The van der Waals surface area contributed by atoms with Crippen LogP contribution in [0.1, 0.15) is 19.4 Å². The van der Waals surface area contributed by atoms with Crippen molar-refractivity contribution >= 4 is 35.7 Å². The molecule has 0 unspecified atom stereocenters. The monoisotopic (exact) mass is 732 g/mol. The Morgan fingerprint density at radius 3 is 2.14 bits per heavy atom. The third kappa shape index (κ3) is 8.81. The van der Waals surface area contributed by atoms with E-state index in [1.54, 1.807) is 6.07 Å². The Balaban J connectivity index is 0.000000209. The Kier molecular flexibility index (Phi) is 13.1. The number of nitrogens with zero attached hydrogens (tertiary/aromatic N) is 2. The van der Waals surface area contributed by atoms with Gasteiger partial charge in [0.25, 0.3) is 0 Å². The maximum absolute atomic E-state index is 11.0. The Bertz CT molecular complexity index is 1900. The first-order valence-corrected chi connectivity index (χ1v) is 18.5. The van der Waals surface area contributed by atoms with Gasteiger partial charge < -0.3 is 14.4 Å². The second kappa shape index (κ2) is 17.9. The molecule has 0 bridgehead atoms. The summed E-state index contributed by atoms with van der Waals surface area (Å²) in [6, 6.07) is 35.1. The average molecular weight is 733 g/mol. The Morgan fingerprint density at radius 1 is 0.765 bits per heavy atom. The molecule has 8 rings (SSSR count). The van der Waals surface area contributed by atoms with Gasteiger partial charge in [0.2, 0.25) is 0 Å². The summed E-state index contributed by atoms with van der Waals surface area (Å²) in [6.45, 7) is 6.86. The van der Waals surface area contributed by atoms with Gasteiger partial charge in [-0.1, -0.05) is 98.8 Å². The molecule has 1 N–H and O–H groups in total. The predicted molar refractivity (Wildman–Crippen MR) is 207 cm³/mol. The summed E-state index contributed by atoms with van der Waals surface area (Å²) < 4.78 is 14.7. The van der Waals surface area contributed by atoms with E-state index in [9.17, 15) is 5.11 Å². The Labute approximate surface area is 315 Å². The van der Waals surface area contributed by atoms with E-state index in [2.05, 4.69) is 110 Å². The summed E-state index contributed by atoms with van der Waals surface area (Å²) in [7, 11) is -0.967. The maximum Gasteiger partial charge on any atom is 2.00 e. The van der Waals surface area contributed by atoms with Crippen molar-refractivity contribution in [1.29, 1.82) is 0 Å². The number of ether oxygens (including phenoxy) is 1. The van der Waals surface area contributed by atoms with E-state index in [1.807, 2.05) is 62.1 Å². The Hall–Kier alpha value is -3.40. The molecule has 1 aliphatic heterocycles. The number of phenolic OH excluding ortho intramolecular Hbond substituents is 1. The van der Waals surface area contributed by atoms with Gasteiger partial charge in [-0.15, -0.1) is 0 Å². The molecule has 10 radical (unpaired) electrons. The van der Waals surface area contributed by atoms with Crippen LogP contribution in [0.4, 0.5) is 0 Å². The van der Waals surface area contributed by atoms with Crippen molar-refractivity contribution in [3.63, 3.8) is 0 Å². The minimum absolute atomic E-state index is 0. The zero-order valence-corrected chi connectivity index (χ0v) is 30.8. The van der Waals surface area contributed by atoms with Gasteiger partial charge in [0.15, 0.2) is 14.2 Å². The molecule has 0 saturated heterocycles. The van der Waals surface area contributed by atoms with E-state index >= 15 is 0 Å².